The lowest BCUT2D eigenvalue weighted by atomic mass is 9.71. The van der Waals surface area contributed by atoms with Gasteiger partial charge in [-0.05, 0) is 116 Å². The number of rotatable bonds is 2. The molecule has 7 rings (SSSR count). The molecule has 1 aliphatic heterocycles. The number of anilines is 1. The molecule has 0 saturated heterocycles. The van der Waals surface area contributed by atoms with Gasteiger partial charge in [0.05, 0.1) is 5.54 Å². The summed E-state index contributed by atoms with van der Waals surface area (Å²) in [5, 5.41) is 9.32. The first-order chi connectivity index (χ1) is 20.1. The van der Waals surface area contributed by atoms with Gasteiger partial charge in [0.1, 0.15) is 5.78 Å². The van der Waals surface area contributed by atoms with Crippen molar-refractivity contribution >= 4 is 50.2 Å². The van der Waals surface area contributed by atoms with Crippen molar-refractivity contribution in [2.45, 2.75) is 64.8 Å². The van der Waals surface area contributed by atoms with E-state index >= 15 is 0 Å². The minimum Gasteiger partial charge on any atom is -0.376 e. The van der Waals surface area contributed by atoms with Gasteiger partial charge in [0, 0.05) is 28.1 Å². The van der Waals surface area contributed by atoms with Crippen LogP contribution in [0.1, 0.15) is 80.2 Å². The Morgan fingerprint density at radius 3 is 2.33 bits per heavy atom. The average molecular weight is 572 g/mol. The molecule has 0 fully saturated rings. The second kappa shape index (κ2) is 11.1. The van der Waals surface area contributed by atoms with Crippen molar-refractivity contribution in [3.63, 3.8) is 0 Å². The summed E-state index contributed by atoms with van der Waals surface area (Å²) in [6, 6.07) is 32.1. The van der Waals surface area contributed by atoms with Gasteiger partial charge in [-0.15, -0.1) is 0 Å². The predicted octanol–water partition coefficient (Wildman–Crippen LogP) is 10.8. The number of hydrogen-bond acceptors (Lipinski definition) is 2. The minimum atomic E-state index is -0.00517. The van der Waals surface area contributed by atoms with Gasteiger partial charge in [0.15, 0.2) is 0 Å². The Morgan fingerprint density at radius 2 is 1.57 bits per heavy atom. The van der Waals surface area contributed by atoms with Gasteiger partial charge in [-0.2, -0.15) is 0 Å². The van der Waals surface area contributed by atoms with Crippen LogP contribution in [0.15, 0.2) is 97.1 Å². The van der Waals surface area contributed by atoms with Gasteiger partial charge in [-0.1, -0.05) is 90.0 Å². The Balaban J connectivity index is 0.000000189. The first-order valence-corrected chi connectivity index (χ1v) is 15.3. The molecular formula is C39H38ClNO. The van der Waals surface area contributed by atoms with Crippen LogP contribution in [0.3, 0.4) is 0 Å². The lowest BCUT2D eigenvalue weighted by molar-refractivity contribution is -0.118. The highest BCUT2D eigenvalue weighted by Gasteiger charge is 2.32. The Bertz CT molecular complexity index is 1850. The minimum absolute atomic E-state index is 0.00517. The topological polar surface area (TPSA) is 29.1 Å². The number of nitrogens with one attached hydrogen (secondary N) is 1. The number of aryl methyl sites for hydroxylation is 1. The maximum atomic E-state index is 12.4. The number of fused-ring (bicyclic) bond motifs is 6. The highest BCUT2D eigenvalue weighted by Crippen LogP contribution is 2.47. The van der Waals surface area contributed by atoms with Crippen molar-refractivity contribution < 1.29 is 4.79 Å². The van der Waals surface area contributed by atoms with Crippen molar-refractivity contribution in [1.82, 2.24) is 0 Å². The number of allylic oxidation sites excluding steroid dienone is 1. The number of Topliss-reactive ketones (excluding diaryl/α,β-unsaturated/α-hetero) is 1. The third-order valence-corrected chi connectivity index (χ3v) is 9.12. The standard InChI is InChI=1S/C26H21ClO.C13H17N/c1-16(28)20-12-13-22(18-6-9-19(27)10-7-18)26-24(20)15-14-23-21-5-3-2-4-17(21)8-11-25(23)26;1-9-5-6-12-11(7-9)10(2)8-13(3,4)14-12/h2-11,14-15,20,22H,12-13H2,1H3;5-8,14H,1-4H3. The Kier molecular flexibility index (Phi) is 7.45. The summed E-state index contributed by atoms with van der Waals surface area (Å²) >= 11 is 6.13. The second-order valence-electron chi connectivity index (χ2n) is 12.5. The summed E-state index contributed by atoms with van der Waals surface area (Å²) in [5.41, 5.74) is 9.13. The van der Waals surface area contributed by atoms with Crippen LogP contribution in [-0.2, 0) is 4.79 Å². The molecule has 212 valence electrons. The van der Waals surface area contributed by atoms with Crippen molar-refractivity contribution in [1.29, 1.82) is 0 Å². The molecule has 0 saturated carbocycles. The highest BCUT2D eigenvalue weighted by molar-refractivity contribution is 6.30. The smallest absolute Gasteiger partial charge is 0.137 e. The molecular weight excluding hydrogens is 534 g/mol. The monoisotopic (exact) mass is 571 g/mol. The molecule has 0 amide bonds. The maximum absolute atomic E-state index is 12.4. The lowest BCUT2D eigenvalue weighted by Gasteiger charge is -2.32. The summed E-state index contributed by atoms with van der Waals surface area (Å²) in [5.74, 6) is 0.540. The molecule has 2 aliphatic rings. The van der Waals surface area contributed by atoms with Crippen LogP contribution < -0.4 is 5.32 Å². The van der Waals surface area contributed by atoms with E-state index in [4.69, 9.17) is 11.6 Å². The SMILES string of the molecule is CC(=O)C1CCC(c2ccc(Cl)cc2)c2c1ccc1c2ccc2ccccc21.CC1=CC(C)(C)Nc2ccc(C)cc21. The third kappa shape index (κ3) is 5.37. The molecule has 0 radical (unpaired) electrons. The molecule has 2 unspecified atom stereocenters. The molecule has 0 spiro atoms. The number of halogens is 1. The van der Waals surface area contributed by atoms with Crippen LogP contribution in [0, 0.1) is 6.92 Å². The fourth-order valence-corrected chi connectivity index (χ4v) is 7.13. The van der Waals surface area contributed by atoms with Gasteiger partial charge >= 0.3 is 0 Å². The van der Waals surface area contributed by atoms with Crippen molar-refractivity contribution in [3.8, 4) is 0 Å². The van der Waals surface area contributed by atoms with E-state index < -0.39 is 0 Å². The van der Waals surface area contributed by atoms with E-state index in [2.05, 4.69) is 118 Å². The van der Waals surface area contributed by atoms with E-state index in [-0.39, 0.29) is 23.2 Å². The van der Waals surface area contributed by atoms with Gasteiger partial charge in [0.2, 0.25) is 0 Å². The Labute approximate surface area is 254 Å². The molecule has 3 heteroatoms. The zero-order valence-corrected chi connectivity index (χ0v) is 25.8. The van der Waals surface area contributed by atoms with Crippen LogP contribution in [-0.4, -0.2) is 11.3 Å². The second-order valence-corrected chi connectivity index (χ2v) is 13.0. The number of ketones is 1. The van der Waals surface area contributed by atoms with Crippen molar-refractivity contribution in [3.05, 3.63) is 130 Å². The van der Waals surface area contributed by atoms with E-state index in [1.807, 2.05) is 12.1 Å². The molecule has 1 N–H and O–H groups in total. The Hall–Kier alpha value is -3.88. The van der Waals surface area contributed by atoms with Crippen LogP contribution in [0.5, 0.6) is 0 Å². The molecule has 42 heavy (non-hydrogen) atoms. The first kappa shape index (κ1) is 28.2. The molecule has 1 heterocycles. The Morgan fingerprint density at radius 1 is 0.833 bits per heavy atom. The molecule has 5 aromatic rings. The van der Waals surface area contributed by atoms with Crippen LogP contribution >= 0.6 is 11.6 Å². The lowest BCUT2D eigenvalue weighted by Crippen LogP contribution is -2.31. The summed E-state index contributed by atoms with van der Waals surface area (Å²) in [7, 11) is 0. The zero-order chi connectivity index (χ0) is 29.6. The van der Waals surface area contributed by atoms with E-state index in [0.717, 1.165) is 17.9 Å². The van der Waals surface area contributed by atoms with Gasteiger partial charge < -0.3 is 5.32 Å². The first-order valence-electron chi connectivity index (χ1n) is 14.9. The van der Waals surface area contributed by atoms with E-state index in [9.17, 15) is 4.79 Å². The number of carbonyl (C=O) groups is 1. The van der Waals surface area contributed by atoms with Gasteiger partial charge in [-0.25, -0.2) is 0 Å². The van der Waals surface area contributed by atoms with Gasteiger partial charge in [0.25, 0.3) is 0 Å². The molecule has 2 atom stereocenters. The van der Waals surface area contributed by atoms with Crippen LogP contribution in [0.25, 0.3) is 27.1 Å². The molecule has 0 bridgehead atoms. The van der Waals surface area contributed by atoms with Crippen LogP contribution in [0.4, 0.5) is 5.69 Å². The highest BCUT2D eigenvalue weighted by atomic mass is 35.5. The summed E-state index contributed by atoms with van der Waals surface area (Å²) < 4.78 is 0. The maximum Gasteiger partial charge on any atom is 0.137 e. The van der Waals surface area contributed by atoms with Crippen molar-refractivity contribution in [2.24, 2.45) is 0 Å². The van der Waals surface area contributed by atoms with Gasteiger partial charge in [-0.3, -0.25) is 4.79 Å². The third-order valence-electron chi connectivity index (χ3n) is 8.87. The average Bonchev–Trinajstić information content (AvgIpc) is 2.97. The molecule has 5 aromatic carbocycles. The summed E-state index contributed by atoms with van der Waals surface area (Å²) in [6.07, 6.45) is 4.16. The zero-order valence-electron chi connectivity index (χ0n) is 25.1. The van der Waals surface area contributed by atoms with E-state index in [0.29, 0.717) is 0 Å². The molecule has 2 nitrogen and oxygen atoms in total. The fourth-order valence-electron chi connectivity index (χ4n) is 7.00. The number of carbonyl (C=O) groups excluding carboxylic acids is 1. The summed E-state index contributed by atoms with van der Waals surface area (Å²) in [4.78, 5) is 12.4. The van der Waals surface area contributed by atoms with E-state index in [1.54, 1.807) is 6.92 Å². The number of hydrogen-bond donors (Lipinski definition) is 1. The van der Waals surface area contributed by atoms with Crippen molar-refractivity contribution in [2.75, 3.05) is 5.32 Å². The normalized spacial score (nSPS) is 18.7. The fraction of sp³-hybridized carbons (Fsp3) is 0.256. The van der Waals surface area contributed by atoms with Crippen LogP contribution in [0.2, 0.25) is 5.02 Å². The number of benzene rings is 5. The predicted molar refractivity (Wildman–Crippen MR) is 180 cm³/mol. The summed E-state index contributed by atoms with van der Waals surface area (Å²) in [6.45, 7) is 10.4. The molecule has 1 aliphatic carbocycles. The quantitative estimate of drug-likeness (QED) is 0.213. The van der Waals surface area contributed by atoms with E-state index in [1.165, 1.54) is 60.6 Å². The largest absolute Gasteiger partial charge is 0.376 e. The molecule has 0 aromatic heterocycles.